The molecule has 0 saturated carbocycles. The number of methoxy groups -OCH3 is 1. The maximum atomic E-state index is 12.1. The van der Waals surface area contributed by atoms with Gasteiger partial charge in [0.15, 0.2) is 0 Å². The Labute approximate surface area is 114 Å². The molecule has 0 aromatic carbocycles. The number of hydrogen-bond donors (Lipinski definition) is 2. The summed E-state index contributed by atoms with van der Waals surface area (Å²) < 4.78 is 31.7. The van der Waals surface area contributed by atoms with Crippen LogP contribution in [0.25, 0.3) is 0 Å². The van der Waals surface area contributed by atoms with E-state index in [1.54, 1.807) is 0 Å². The number of piperidine rings is 1. The number of ether oxygens (including phenoxy) is 1. The van der Waals surface area contributed by atoms with E-state index in [1.807, 2.05) is 11.6 Å². The zero-order valence-corrected chi connectivity index (χ0v) is 12.3. The van der Waals surface area contributed by atoms with Gasteiger partial charge < -0.3 is 10.1 Å². The van der Waals surface area contributed by atoms with Gasteiger partial charge in [-0.05, 0) is 38.3 Å². The zero-order chi connectivity index (χ0) is 14.3. The number of hydrogen-bond acceptors (Lipinski definition) is 5. The van der Waals surface area contributed by atoms with E-state index in [-0.39, 0.29) is 0 Å². The predicted molar refractivity (Wildman–Crippen MR) is 71.9 cm³/mol. The van der Waals surface area contributed by atoms with E-state index >= 15 is 0 Å². The molecule has 1 fully saturated rings. The first-order chi connectivity index (χ1) is 8.99. The van der Waals surface area contributed by atoms with Crippen LogP contribution >= 0.6 is 0 Å². The quantitative estimate of drug-likeness (QED) is 0.735. The molecule has 0 bridgehead atoms. The molecule has 7 nitrogen and oxygen atoms in total. The van der Waals surface area contributed by atoms with Crippen molar-refractivity contribution in [3.05, 3.63) is 0 Å². The van der Waals surface area contributed by atoms with E-state index in [0.717, 1.165) is 33.0 Å². The summed E-state index contributed by atoms with van der Waals surface area (Å²) in [4.78, 5) is 11.1. The summed E-state index contributed by atoms with van der Waals surface area (Å²) in [6.45, 7) is 4.57. The highest BCUT2D eigenvalue weighted by molar-refractivity contribution is 7.87. The lowest BCUT2D eigenvalue weighted by Crippen LogP contribution is -2.46. The highest BCUT2D eigenvalue weighted by Gasteiger charge is 2.27. The van der Waals surface area contributed by atoms with Crippen LogP contribution in [0.15, 0.2) is 0 Å². The largest absolute Gasteiger partial charge is 0.452 e. The molecule has 1 rings (SSSR count). The topological polar surface area (TPSA) is 87.7 Å². The molecule has 1 aliphatic heterocycles. The van der Waals surface area contributed by atoms with Gasteiger partial charge in [-0.15, -0.1) is 0 Å². The Morgan fingerprint density at radius 3 is 2.58 bits per heavy atom. The maximum absolute atomic E-state index is 12.1. The van der Waals surface area contributed by atoms with Crippen molar-refractivity contribution in [2.45, 2.75) is 26.2 Å². The van der Waals surface area contributed by atoms with Gasteiger partial charge in [0.2, 0.25) is 0 Å². The fraction of sp³-hybridized carbons (Fsp3) is 0.909. The maximum Gasteiger partial charge on any atom is 0.421 e. The molecule has 1 aliphatic rings. The lowest BCUT2D eigenvalue weighted by Gasteiger charge is -2.29. The minimum absolute atomic E-state index is 0.335. The summed E-state index contributed by atoms with van der Waals surface area (Å²) >= 11 is 0. The number of carbonyl (C=O) groups excluding carboxylic acids is 1. The van der Waals surface area contributed by atoms with Crippen molar-refractivity contribution in [2.24, 2.45) is 5.92 Å². The second-order valence-electron chi connectivity index (χ2n) is 4.65. The minimum Gasteiger partial charge on any atom is -0.452 e. The standard InChI is InChI=1S/C11H23N3O4S/c1-3-8-14(9-10-4-6-12-7-5-10)19(16,17)13-11(15)18-2/h10,12H,3-9H2,1-2H3,(H,13,15). The van der Waals surface area contributed by atoms with Gasteiger partial charge in [0.1, 0.15) is 0 Å². The van der Waals surface area contributed by atoms with Gasteiger partial charge in [-0.25, -0.2) is 9.52 Å². The molecule has 0 aromatic rings. The molecule has 112 valence electrons. The molecule has 0 radical (unpaired) electrons. The third kappa shape index (κ3) is 5.33. The van der Waals surface area contributed by atoms with Crippen molar-refractivity contribution in [3.63, 3.8) is 0 Å². The molecule has 0 spiro atoms. The van der Waals surface area contributed by atoms with Crippen LogP contribution in [0, 0.1) is 5.92 Å². The molecule has 19 heavy (non-hydrogen) atoms. The summed E-state index contributed by atoms with van der Waals surface area (Å²) in [7, 11) is -2.67. The predicted octanol–water partition coefficient (Wildman–Crippen LogP) is 0.299. The Kier molecular flexibility index (Phi) is 6.53. The molecule has 0 aromatic heterocycles. The van der Waals surface area contributed by atoms with Crippen LogP contribution in [-0.4, -0.2) is 52.1 Å². The van der Waals surface area contributed by atoms with Crippen molar-refractivity contribution < 1.29 is 17.9 Å². The monoisotopic (exact) mass is 293 g/mol. The van der Waals surface area contributed by atoms with Gasteiger partial charge >= 0.3 is 16.3 Å². The van der Waals surface area contributed by atoms with Crippen LogP contribution in [0.1, 0.15) is 26.2 Å². The van der Waals surface area contributed by atoms with Crippen molar-refractivity contribution in [1.29, 1.82) is 0 Å². The van der Waals surface area contributed by atoms with Crippen LogP contribution in [-0.2, 0) is 14.9 Å². The van der Waals surface area contributed by atoms with Gasteiger partial charge in [-0.1, -0.05) is 6.92 Å². The van der Waals surface area contributed by atoms with E-state index in [2.05, 4.69) is 10.1 Å². The van der Waals surface area contributed by atoms with Crippen LogP contribution in [0.3, 0.4) is 0 Å². The number of amides is 1. The van der Waals surface area contributed by atoms with Crippen LogP contribution in [0.5, 0.6) is 0 Å². The molecule has 0 unspecified atom stereocenters. The van der Waals surface area contributed by atoms with Gasteiger partial charge in [0.25, 0.3) is 0 Å². The molecule has 0 aliphatic carbocycles. The van der Waals surface area contributed by atoms with Crippen molar-refractivity contribution >= 4 is 16.3 Å². The zero-order valence-electron chi connectivity index (χ0n) is 11.5. The smallest absolute Gasteiger partial charge is 0.421 e. The van der Waals surface area contributed by atoms with Crippen LogP contribution in [0.4, 0.5) is 4.79 Å². The Hall–Kier alpha value is -0.860. The molecule has 1 heterocycles. The summed E-state index contributed by atoms with van der Waals surface area (Å²) in [6, 6.07) is 0. The van der Waals surface area contributed by atoms with Gasteiger partial charge in [0, 0.05) is 13.1 Å². The Morgan fingerprint density at radius 2 is 2.05 bits per heavy atom. The molecular weight excluding hydrogens is 270 g/mol. The summed E-state index contributed by atoms with van der Waals surface area (Å²) in [5.74, 6) is 0.335. The average Bonchev–Trinajstić information content (AvgIpc) is 2.39. The van der Waals surface area contributed by atoms with E-state index in [9.17, 15) is 13.2 Å². The van der Waals surface area contributed by atoms with E-state index < -0.39 is 16.3 Å². The van der Waals surface area contributed by atoms with Gasteiger partial charge in [0.05, 0.1) is 7.11 Å². The van der Waals surface area contributed by atoms with Gasteiger partial charge in [-0.2, -0.15) is 12.7 Å². The molecule has 2 N–H and O–H groups in total. The highest BCUT2D eigenvalue weighted by Crippen LogP contribution is 2.15. The number of nitrogens with one attached hydrogen (secondary N) is 2. The Morgan fingerprint density at radius 1 is 1.42 bits per heavy atom. The van der Waals surface area contributed by atoms with E-state index in [1.165, 1.54) is 4.31 Å². The Bertz CT molecular complexity index is 379. The molecule has 1 amide bonds. The van der Waals surface area contributed by atoms with Gasteiger partial charge in [-0.3, -0.25) is 0 Å². The summed E-state index contributed by atoms with van der Waals surface area (Å²) in [6.07, 6.45) is 1.65. The fourth-order valence-electron chi connectivity index (χ4n) is 2.12. The van der Waals surface area contributed by atoms with Crippen molar-refractivity contribution in [3.8, 4) is 0 Å². The summed E-state index contributed by atoms with van der Waals surface area (Å²) in [5.41, 5.74) is 0. The fourth-order valence-corrected chi connectivity index (χ4v) is 3.38. The highest BCUT2D eigenvalue weighted by atomic mass is 32.2. The third-order valence-corrected chi connectivity index (χ3v) is 4.57. The molecular formula is C11H23N3O4S. The molecule has 0 atom stereocenters. The lowest BCUT2D eigenvalue weighted by molar-refractivity contribution is 0.176. The first-order valence-corrected chi connectivity index (χ1v) is 8.00. The average molecular weight is 293 g/mol. The minimum atomic E-state index is -3.81. The van der Waals surface area contributed by atoms with E-state index in [4.69, 9.17) is 0 Å². The first kappa shape index (κ1) is 16.2. The third-order valence-electron chi connectivity index (χ3n) is 3.13. The second kappa shape index (κ2) is 7.66. The number of nitrogens with zero attached hydrogens (tertiary/aromatic N) is 1. The normalized spacial score (nSPS) is 17.4. The first-order valence-electron chi connectivity index (χ1n) is 6.56. The molecule has 8 heteroatoms. The van der Waals surface area contributed by atoms with E-state index in [0.29, 0.717) is 25.4 Å². The number of carbonyl (C=O) groups is 1. The Balaban J connectivity index is 2.66. The summed E-state index contributed by atoms with van der Waals surface area (Å²) in [5, 5.41) is 3.24. The lowest BCUT2D eigenvalue weighted by atomic mass is 9.98. The SMILES string of the molecule is CCCN(CC1CCNCC1)S(=O)(=O)NC(=O)OC. The van der Waals surface area contributed by atoms with Crippen LogP contribution in [0.2, 0.25) is 0 Å². The number of rotatable bonds is 6. The molecule has 1 saturated heterocycles. The van der Waals surface area contributed by atoms with Crippen molar-refractivity contribution in [2.75, 3.05) is 33.3 Å². The van der Waals surface area contributed by atoms with Crippen LogP contribution < -0.4 is 10.0 Å². The second-order valence-corrected chi connectivity index (χ2v) is 6.32. The van der Waals surface area contributed by atoms with Crippen molar-refractivity contribution in [1.82, 2.24) is 14.3 Å².